The molecule has 104 valence electrons. The Morgan fingerprint density at radius 2 is 1.81 bits per heavy atom. The van der Waals surface area contributed by atoms with E-state index < -0.39 is 4.92 Å². The molecule has 0 bridgehead atoms. The van der Waals surface area contributed by atoms with Crippen LogP contribution in [0, 0.1) is 15.3 Å². The number of phenolic OH excluding ortho intramolecular Hbond substituents is 1. The Morgan fingerprint density at radius 1 is 1.05 bits per heavy atom. The van der Waals surface area contributed by atoms with Crippen LogP contribution >= 0.6 is 0 Å². The van der Waals surface area contributed by atoms with E-state index >= 15 is 0 Å². The maximum atomic E-state index is 12.1. The molecule has 2 aromatic carbocycles. The molecule has 1 N–H and O–H groups in total. The third-order valence-corrected chi connectivity index (χ3v) is 3.25. The van der Waals surface area contributed by atoms with Gasteiger partial charge in [-0.15, -0.1) is 0 Å². The van der Waals surface area contributed by atoms with Crippen molar-refractivity contribution in [3.8, 4) is 17.0 Å². The summed E-state index contributed by atoms with van der Waals surface area (Å²) < 4.78 is 0.640. The third-order valence-electron chi connectivity index (χ3n) is 3.25. The minimum Gasteiger partial charge on any atom is -0.618 e. The first-order chi connectivity index (χ1) is 10.1. The number of aromatic nitrogens is 1. The van der Waals surface area contributed by atoms with Crippen molar-refractivity contribution in [2.75, 3.05) is 0 Å². The second kappa shape index (κ2) is 4.75. The number of hydrogen-bond acceptors (Lipinski definition) is 4. The molecule has 0 spiro atoms. The largest absolute Gasteiger partial charge is 0.618 e. The van der Waals surface area contributed by atoms with E-state index in [0.29, 0.717) is 21.1 Å². The zero-order valence-corrected chi connectivity index (χ0v) is 10.8. The molecule has 0 unspecified atom stereocenters. The Labute approximate surface area is 119 Å². The third kappa shape index (κ3) is 2.12. The molecule has 0 saturated heterocycles. The molecule has 1 aromatic heterocycles. The van der Waals surface area contributed by atoms with Crippen molar-refractivity contribution in [3.05, 3.63) is 70.0 Å². The first-order valence-electron chi connectivity index (χ1n) is 6.16. The number of pyridine rings is 1. The molecule has 3 rings (SSSR count). The minimum absolute atomic E-state index is 0.0231. The number of benzene rings is 2. The Kier molecular flexibility index (Phi) is 2.91. The van der Waals surface area contributed by atoms with Crippen LogP contribution in [0.2, 0.25) is 0 Å². The quantitative estimate of drug-likeness (QED) is 0.338. The zero-order chi connectivity index (χ0) is 15.0. The van der Waals surface area contributed by atoms with Gasteiger partial charge in [0.1, 0.15) is 5.75 Å². The lowest BCUT2D eigenvalue weighted by molar-refractivity contribution is -0.592. The van der Waals surface area contributed by atoms with Crippen molar-refractivity contribution in [1.82, 2.24) is 0 Å². The molecule has 3 aromatic rings. The molecule has 0 aliphatic heterocycles. The van der Waals surface area contributed by atoms with Crippen molar-refractivity contribution in [1.29, 1.82) is 0 Å². The molecule has 0 saturated carbocycles. The molecule has 0 atom stereocenters. The standard InChI is InChI=1S/C15H10N2O4/c18-11-4-1-3-10(9-11)15-13-5-2-6-14(17(20)21)12(13)7-8-16(15)19/h1-9,18H. The Bertz CT molecular complexity index is 861. The highest BCUT2D eigenvalue weighted by atomic mass is 16.6. The summed E-state index contributed by atoms with van der Waals surface area (Å²) in [5, 5.41) is 33.6. The van der Waals surface area contributed by atoms with Gasteiger partial charge in [0.05, 0.1) is 21.3 Å². The second-order valence-electron chi connectivity index (χ2n) is 4.54. The average molecular weight is 282 g/mol. The van der Waals surface area contributed by atoms with Gasteiger partial charge in [0.15, 0.2) is 6.20 Å². The predicted molar refractivity (Wildman–Crippen MR) is 76.7 cm³/mol. The van der Waals surface area contributed by atoms with E-state index in [1.165, 1.54) is 36.5 Å². The first-order valence-corrected chi connectivity index (χ1v) is 6.16. The fourth-order valence-corrected chi connectivity index (χ4v) is 2.37. The molecule has 0 fully saturated rings. The Hall–Kier alpha value is -3.15. The summed E-state index contributed by atoms with van der Waals surface area (Å²) in [4.78, 5) is 10.6. The van der Waals surface area contributed by atoms with Gasteiger partial charge in [-0.25, -0.2) is 0 Å². The van der Waals surface area contributed by atoms with E-state index in [1.54, 1.807) is 18.2 Å². The van der Waals surface area contributed by atoms with Gasteiger partial charge < -0.3 is 10.3 Å². The topological polar surface area (TPSA) is 90.3 Å². The number of fused-ring (bicyclic) bond motifs is 1. The molecule has 0 radical (unpaired) electrons. The van der Waals surface area contributed by atoms with E-state index in [2.05, 4.69) is 0 Å². The molecule has 0 amide bonds. The number of nitro benzene ring substituents is 1. The van der Waals surface area contributed by atoms with Gasteiger partial charge in [0.25, 0.3) is 5.69 Å². The Morgan fingerprint density at radius 3 is 2.52 bits per heavy atom. The summed E-state index contributed by atoms with van der Waals surface area (Å²) in [6.45, 7) is 0. The van der Waals surface area contributed by atoms with Gasteiger partial charge in [0, 0.05) is 12.1 Å². The summed E-state index contributed by atoms with van der Waals surface area (Å²) in [6.07, 6.45) is 1.23. The number of non-ortho nitro benzene ring substituents is 1. The van der Waals surface area contributed by atoms with E-state index in [1.807, 2.05) is 0 Å². The van der Waals surface area contributed by atoms with E-state index in [4.69, 9.17) is 0 Å². The van der Waals surface area contributed by atoms with E-state index in [9.17, 15) is 20.4 Å². The van der Waals surface area contributed by atoms with Gasteiger partial charge in [-0.05, 0) is 24.3 Å². The van der Waals surface area contributed by atoms with E-state index in [0.717, 1.165) is 0 Å². The van der Waals surface area contributed by atoms with Crippen molar-refractivity contribution < 1.29 is 14.8 Å². The van der Waals surface area contributed by atoms with Crippen LogP contribution in [0.5, 0.6) is 5.75 Å². The summed E-state index contributed by atoms with van der Waals surface area (Å²) in [5.74, 6) is 0.0231. The van der Waals surface area contributed by atoms with Crippen LogP contribution in [0.25, 0.3) is 22.0 Å². The molecular formula is C15H10N2O4. The molecule has 0 aliphatic rings. The van der Waals surface area contributed by atoms with Crippen LogP contribution < -0.4 is 4.73 Å². The van der Waals surface area contributed by atoms with Crippen molar-refractivity contribution in [2.24, 2.45) is 0 Å². The van der Waals surface area contributed by atoms with Crippen LogP contribution in [-0.4, -0.2) is 10.0 Å². The first kappa shape index (κ1) is 12.9. The van der Waals surface area contributed by atoms with Crippen LogP contribution in [0.1, 0.15) is 0 Å². The van der Waals surface area contributed by atoms with Gasteiger partial charge in [-0.1, -0.05) is 12.1 Å². The minimum atomic E-state index is -0.482. The zero-order valence-electron chi connectivity index (χ0n) is 10.8. The number of nitrogens with zero attached hydrogens (tertiary/aromatic N) is 2. The fourth-order valence-electron chi connectivity index (χ4n) is 2.37. The fraction of sp³-hybridized carbons (Fsp3) is 0. The SMILES string of the molecule is O=[N+]([O-])c1cccc2c(-c3cccc(O)c3)[n+]([O-])ccc12. The average Bonchev–Trinajstić information content (AvgIpc) is 2.46. The van der Waals surface area contributed by atoms with Crippen molar-refractivity contribution in [3.63, 3.8) is 0 Å². The predicted octanol–water partition coefficient (Wildman–Crippen LogP) is 2.75. The van der Waals surface area contributed by atoms with Crippen LogP contribution in [-0.2, 0) is 0 Å². The molecule has 1 heterocycles. The monoisotopic (exact) mass is 282 g/mol. The van der Waals surface area contributed by atoms with Gasteiger partial charge in [-0.2, -0.15) is 4.73 Å². The number of aromatic hydroxyl groups is 1. The number of phenols is 1. The molecule has 6 nitrogen and oxygen atoms in total. The normalized spacial score (nSPS) is 10.7. The maximum absolute atomic E-state index is 12.1. The molecule has 6 heteroatoms. The highest BCUT2D eigenvalue weighted by molar-refractivity contribution is 5.98. The summed E-state index contributed by atoms with van der Waals surface area (Å²) in [5.41, 5.74) is 0.706. The van der Waals surface area contributed by atoms with Crippen molar-refractivity contribution in [2.45, 2.75) is 0 Å². The van der Waals surface area contributed by atoms with Gasteiger partial charge in [-0.3, -0.25) is 10.1 Å². The summed E-state index contributed by atoms with van der Waals surface area (Å²) in [7, 11) is 0. The highest BCUT2D eigenvalue weighted by Crippen LogP contribution is 2.31. The highest BCUT2D eigenvalue weighted by Gasteiger charge is 2.20. The van der Waals surface area contributed by atoms with Crippen LogP contribution in [0.3, 0.4) is 0 Å². The lowest BCUT2D eigenvalue weighted by Gasteiger charge is -2.08. The lowest BCUT2D eigenvalue weighted by atomic mass is 10.0. The number of hydrogen-bond donors (Lipinski definition) is 1. The van der Waals surface area contributed by atoms with Crippen LogP contribution in [0.4, 0.5) is 5.69 Å². The Balaban J connectivity index is 2.40. The van der Waals surface area contributed by atoms with Gasteiger partial charge >= 0.3 is 0 Å². The smallest absolute Gasteiger partial charge is 0.277 e. The molecular weight excluding hydrogens is 272 g/mol. The summed E-state index contributed by atoms with van der Waals surface area (Å²) >= 11 is 0. The number of nitro groups is 1. The second-order valence-corrected chi connectivity index (χ2v) is 4.54. The van der Waals surface area contributed by atoms with Gasteiger partial charge in [0.2, 0.25) is 5.69 Å². The summed E-state index contributed by atoms with van der Waals surface area (Å²) in [6, 6.07) is 12.2. The van der Waals surface area contributed by atoms with E-state index in [-0.39, 0.29) is 17.1 Å². The maximum Gasteiger partial charge on any atom is 0.277 e. The molecule has 21 heavy (non-hydrogen) atoms. The van der Waals surface area contributed by atoms with Crippen LogP contribution in [0.15, 0.2) is 54.7 Å². The number of rotatable bonds is 2. The lowest BCUT2D eigenvalue weighted by Crippen LogP contribution is -2.28. The van der Waals surface area contributed by atoms with Crippen molar-refractivity contribution >= 4 is 16.5 Å². The molecule has 0 aliphatic carbocycles.